The van der Waals surface area contributed by atoms with Gasteiger partial charge < -0.3 is 0 Å². The molecule has 3 rings (SSSR count). The number of aromatic nitrogens is 2. The van der Waals surface area contributed by atoms with Gasteiger partial charge in [-0.25, -0.2) is 9.97 Å². The van der Waals surface area contributed by atoms with E-state index in [0.29, 0.717) is 10.2 Å². The molecule has 0 aliphatic carbocycles. The summed E-state index contributed by atoms with van der Waals surface area (Å²) in [6.45, 7) is 8.08. The second kappa shape index (κ2) is 7.90. The van der Waals surface area contributed by atoms with Crippen LogP contribution in [0.2, 0.25) is 10.2 Å². The van der Waals surface area contributed by atoms with Crippen LogP contribution in [0.5, 0.6) is 0 Å². The molecular formula is C16H20Cl2N4S. The van der Waals surface area contributed by atoms with Crippen molar-refractivity contribution in [1.29, 1.82) is 0 Å². The highest BCUT2D eigenvalue weighted by molar-refractivity contribution is 7.09. The fourth-order valence-corrected chi connectivity index (χ4v) is 3.82. The maximum atomic E-state index is 6.25. The summed E-state index contributed by atoms with van der Waals surface area (Å²) in [5.41, 5.74) is 2.24. The van der Waals surface area contributed by atoms with Gasteiger partial charge >= 0.3 is 0 Å². The monoisotopic (exact) mass is 370 g/mol. The Bertz CT molecular complexity index is 661. The number of aryl methyl sites for hydroxylation is 1. The average Bonchev–Trinajstić information content (AvgIpc) is 2.80. The van der Waals surface area contributed by atoms with Crippen molar-refractivity contribution in [2.75, 3.05) is 26.2 Å². The molecule has 0 spiro atoms. The first-order valence-electron chi connectivity index (χ1n) is 7.76. The number of pyridine rings is 1. The molecule has 2 aromatic heterocycles. The Hall–Kier alpha value is -0.720. The number of hydrogen-bond acceptors (Lipinski definition) is 5. The first-order valence-corrected chi connectivity index (χ1v) is 9.40. The summed E-state index contributed by atoms with van der Waals surface area (Å²) in [4.78, 5) is 13.5. The highest BCUT2D eigenvalue weighted by Gasteiger charge is 2.17. The van der Waals surface area contributed by atoms with E-state index in [-0.39, 0.29) is 0 Å². The van der Waals surface area contributed by atoms with Gasteiger partial charge in [-0.05, 0) is 38.1 Å². The molecule has 124 valence electrons. The van der Waals surface area contributed by atoms with E-state index >= 15 is 0 Å². The maximum absolute atomic E-state index is 6.25. The van der Waals surface area contributed by atoms with Crippen LogP contribution >= 0.6 is 34.5 Å². The van der Waals surface area contributed by atoms with Gasteiger partial charge in [-0.2, -0.15) is 0 Å². The molecule has 2 aromatic rings. The van der Waals surface area contributed by atoms with E-state index in [9.17, 15) is 0 Å². The number of thiazole rings is 1. The first kappa shape index (κ1) is 17.1. The summed E-state index contributed by atoms with van der Waals surface area (Å²) in [6.07, 6.45) is 2.87. The van der Waals surface area contributed by atoms with Crippen molar-refractivity contribution in [1.82, 2.24) is 19.8 Å². The van der Waals surface area contributed by atoms with Crippen molar-refractivity contribution in [2.45, 2.75) is 26.4 Å². The molecule has 7 heteroatoms. The molecule has 0 saturated carbocycles. The van der Waals surface area contributed by atoms with Crippen molar-refractivity contribution in [2.24, 2.45) is 0 Å². The molecule has 0 bridgehead atoms. The minimum Gasteiger partial charge on any atom is -0.298 e. The lowest BCUT2D eigenvalue weighted by Gasteiger charge is -2.21. The van der Waals surface area contributed by atoms with Gasteiger partial charge in [0, 0.05) is 37.8 Å². The molecule has 1 aliphatic heterocycles. The number of halogens is 2. The van der Waals surface area contributed by atoms with Crippen LogP contribution in [0.25, 0.3) is 0 Å². The average molecular weight is 371 g/mol. The zero-order valence-electron chi connectivity index (χ0n) is 13.1. The highest BCUT2D eigenvalue weighted by Crippen LogP contribution is 2.24. The zero-order valence-corrected chi connectivity index (χ0v) is 15.5. The Morgan fingerprint density at radius 1 is 1.13 bits per heavy atom. The number of nitrogens with zero attached hydrogens (tertiary/aromatic N) is 4. The smallest absolute Gasteiger partial charge is 0.147 e. The van der Waals surface area contributed by atoms with E-state index in [1.807, 2.05) is 6.07 Å². The fourth-order valence-electron chi connectivity index (χ4n) is 2.87. The van der Waals surface area contributed by atoms with E-state index in [1.54, 1.807) is 17.5 Å². The van der Waals surface area contributed by atoms with Gasteiger partial charge in [0.1, 0.15) is 5.15 Å². The second-order valence-electron chi connectivity index (χ2n) is 5.84. The molecule has 0 amide bonds. The van der Waals surface area contributed by atoms with Crippen molar-refractivity contribution < 1.29 is 0 Å². The zero-order chi connectivity index (χ0) is 16.2. The Morgan fingerprint density at radius 2 is 1.87 bits per heavy atom. The molecule has 0 aromatic carbocycles. The van der Waals surface area contributed by atoms with Gasteiger partial charge in [-0.1, -0.05) is 23.2 Å². The Balaban J connectivity index is 1.57. The van der Waals surface area contributed by atoms with Crippen molar-refractivity contribution in [3.8, 4) is 0 Å². The van der Waals surface area contributed by atoms with E-state index in [0.717, 1.165) is 56.3 Å². The summed E-state index contributed by atoms with van der Waals surface area (Å²) in [6, 6.07) is 1.95. The summed E-state index contributed by atoms with van der Waals surface area (Å²) in [7, 11) is 0. The molecule has 1 aliphatic rings. The van der Waals surface area contributed by atoms with E-state index < -0.39 is 0 Å². The molecule has 0 N–H and O–H groups in total. The molecule has 1 saturated heterocycles. The minimum absolute atomic E-state index is 0.388. The third-order valence-corrected chi connectivity index (χ3v) is 5.68. The van der Waals surface area contributed by atoms with Gasteiger partial charge in [0.05, 0.1) is 15.7 Å². The van der Waals surface area contributed by atoms with Gasteiger partial charge in [0.25, 0.3) is 0 Å². The van der Waals surface area contributed by atoms with Crippen LogP contribution in [0.3, 0.4) is 0 Å². The lowest BCUT2D eigenvalue weighted by Crippen LogP contribution is -2.30. The first-order chi connectivity index (χ1) is 11.1. The highest BCUT2D eigenvalue weighted by atomic mass is 35.5. The quantitative estimate of drug-likeness (QED) is 0.764. The van der Waals surface area contributed by atoms with E-state index in [2.05, 4.69) is 32.1 Å². The second-order valence-corrected chi connectivity index (χ2v) is 7.64. The largest absolute Gasteiger partial charge is 0.298 e. The summed E-state index contributed by atoms with van der Waals surface area (Å²) in [5, 5.41) is 4.27. The van der Waals surface area contributed by atoms with Crippen LogP contribution in [0.1, 0.15) is 22.7 Å². The van der Waals surface area contributed by atoms with Crippen molar-refractivity contribution in [3.63, 3.8) is 0 Å². The lowest BCUT2D eigenvalue weighted by atomic mass is 10.2. The standard InChI is InChI=1S/C16H20Cl2N4S/c1-12-20-14(11-23-12)10-22-6-2-5-21(7-8-22)9-13-3-4-19-16(18)15(13)17/h3-4,11H,2,5-10H2,1H3. The van der Waals surface area contributed by atoms with Gasteiger partial charge in [0.2, 0.25) is 0 Å². The summed E-state index contributed by atoms with van der Waals surface area (Å²) < 4.78 is 0. The van der Waals surface area contributed by atoms with Crippen LogP contribution in [0.15, 0.2) is 17.6 Å². The predicted molar refractivity (Wildman–Crippen MR) is 96.3 cm³/mol. The van der Waals surface area contributed by atoms with Crippen LogP contribution in [0.4, 0.5) is 0 Å². The van der Waals surface area contributed by atoms with E-state index in [1.165, 1.54) is 5.69 Å². The molecule has 3 heterocycles. The van der Waals surface area contributed by atoms with Crippen LogP contribution in [0, 0.1) is 6.92 Å². The fraction of sp³-hybridized carbons (Fsp3) is 0.500. The van der Waals surface area contributed by atoms with Crippen LogP contribution in [-0.4, -0.2) is 45.9 Å². The third-order valence-electron chi connectivity index (χ3n) is 4.05. The molecule has 1 fully saturated rings. The molecule has 0 radical (unpaired) electrons. The molecular weight excluding hydrogens is 351 g/mol. The summed E-state index contributed by atoms with van der Waals surface area (Å²) >= 11 is 14.0. The number of rotatable bonds is 4. The van der Waals surface area contributed by atoms with Gasteiger partial charge in [-0.3, -0.25) is 9.80 Å². The number of hydrogen-bond donors (Lipinski definition) is 0. The Morgan fingerprint density at radius 3 is 2.57 bits per heavy atom. The van der Waals surface area contributed by atoms with E-state index in [4.69, 9.17) is 23.2 Å². The SMILES string of the molecule is Cc1nc(CN2CCCN(Cc3ccnc(Cl)c3Cl)CC2)cs1. The van der Waals surface area contributed by atoms with Crippen LogP contribution in [-0.2, 0) is 13.1 Å². The van der Waals surface area contributed by atoms with Crippen LogP contribution < -0.4 is 0 Å². The molecule has 0 atom stereocenters. The van der Waals surface area contributed by atoms with Crippen molar-refractivity contribution >= 4 is 34.5 Å². The van der Waals surface area contributed by atoms with Crippen molar-refractivity contribution in [3.05, 3.63) is 44.1 Å². The lowest BCUT2D eigenvalue weighted by molar-refractivity contribution is 0.246. The summed E-state index contributed by atoms with van der Waals surface area (Å²) in [5.74, 6) is 0. The predicted octanol–water partition coefficient (Wildman–Crippen LogP) is 3.86. The molecule has 23 heavy (non-hydrogen) atoms. The maximum Gasteiger partial charge on any atom is 0.147 e. The normalized spacial score (nSPS) is 17.3. The topological polar surface area (TPSA) is 32.3 Å². The Kier molecular flexibility index (Phi) is 5.88. The Labute approximate surface area is 151 Å². The van der Waals surface area contributed by atoms with Gasteiger partial charge in [0.15, 0.2) is 0 Å². The van der Waals surface area contributed by atoms with Gasteiger partial charge in [-0.15, -0.1) is 11.3 Å². The minimum atomic E-state index is 0.388. The molecule has 0 unspecified atom stereocenters. The third kappa shape index (κ3) is 4.64. The molecule has 4 nitrogen and oxygen atoms in total.